The summed E-state index contributed by atoms with van der Waals surface area (Å²) in [5.74, 6) is -21.3. The highest BCUT2D eigenvalue weighted by atomic mass is 32.2. The van der Waals surface area contributed by atoms with E-state index in [-0.39, 0.29) is 36.5 Å². The van der Waals surface area contributed by atoms with Gasteiger partial charge in [-0.25, -0.2) is 4.79 Å². The Hall–Kier alpha value is -11.0. The van der Waals surface area contributed by atoms with Gasteiger partial charge < -0.3 is 99.5 Å². The first-order valence-electron chi connectivity index (χ1n) is 48.5. The lowest BCUT2D eigenvalue weighted by atomic mass is 9.55. The minimum absolute atomic E-state index is 0.0409. The molecule has 0 heterocycles. The normalized spacial score (nSPS) is 19.2. The number of esters is 21. The van der Waals surface area contributed by atoms with Crippen LogP contribution < -0.4 is 0 Å². The van der Waals surface area contributed by atoms with Crippen LogP contribution in [0.4, 0.5) is 0 Å². The standard InChI is InChI=1S/C107H172O42S/c1-66(2)67(108)149-44-45-150-65-107(23,87(128)148-43)64-106(22,86(127)147-42)63-105(21,85(126)146-41)62-104(20,84(125)145-40)61-103(19,83(124)144-39)60-102(18,82(123)143-38)59-101(17,81(122)142-37)58-100(16,80(121)141-36)57-99(15,79(120)140-35)56-98(14,78(119)139-34)55-97(13,77(118)138-33)54-96(12,76(117)137-32)53-95(11,75(116)136-31)52-94(10,74(115)135-30)51-93(9,73(114)134-29)50-92(8,72(113)133-28)49-91(7,71(112)132-27)48-90(6,70(111)131-26)47-89(5,69(110)130-25)46-88(3,4)68(109)129-24/h1,44-65H2,2-43H3. The van der Waals surface area contributed by atoms with E-state index >= 15 is 52.7 Å². The second-order valence-electron chi connectivity index (χ2n) is 46.7. The van der Waals surface area contributed by atoms with Crippen molar-refractivity contribution in [3.8, 4) is 0 Å². The monoisotopic (exact) mass is 2160 g/mol. The Labute approximate surface area is 888 Å². The number of rotatable bonds is 64. The molecule has 42 nitrogen and oxygen atoms in total. The number of carbonyl (C=O) groups excluding carboxylic acids is 21. The zero-order chi connectivity index (χ0) is 118. The van der Waals surface area contributed by atoms with Gasteiger partial charge in [-0.2, -0.15) is 11.8 Å². The van der Waals surface area contributed by atoms with Gasteiger partial charge in [0.2, 0.25) is 0 Å². The van der Waals surface area contributed by atoms with Gasteiger partial charge in [0, 0.05) is 17.1 Å². The van der Waals surface area contributed by atoms with Crippen LogP contribution in [-0.2, 0) is 200 Å². The summed E-state index contributed by atoms with van der Waals surface area (Å²) < 4.78 is 114. The molecule has 0 fully saturated rings. The third-order valence-electron chi connectivity index (χ3n) is 29.7. The van der Waals surface area contributed by atoms with Gasteiger partial charge in [0.05, 0.1) is 250 Å². The fourth-order valence-corrected chi connectivity index (χ4v) is 27.0. The largest absolute Gasteiger partial charge is 0.469 e. The van der Waals surface area contributed by atoms with Gasteiger partial charge in [0.1, 0.15) is 6.61 Å². The van der Waals surface area contributed by atoms with E-state index in [1.807, 2.05) is 0 Å². The molecule has 0 radical (unpaired) electrons. The average molecular weight is 2160 g/mol. The molecule has 0 N–H and O–H groups in total. The molecule has 19 atom stereocenters. The molecule has 150 heavy (non-hydrogen) atoms. The van der Waals surface area contributed by atoms with Crippen molar-refractivity contribution in [1.82, 2.24) is 0 Å². The van der Waals surface area contributed by atoms with Gasteiger partial charge in [0.15, 0.2) is 0 Å². The summed E-state index contributed by atoms with van der Waals surface area (Å²) in [6, 6.07) is 0. The molecule has 0 bridgehead atoms. The minimum Gasteiger partial charge on any atom is -0.469 e. The fraction of sp³-hybridized carbons (Fsp3) is 0.785. The summed E-state index contributed by atoms with van der Waals surface area (Å²) >= 11 is 1.18. The first-order valence-corrected chi connectivity index (χ1v) is 49.7. The lowest BCUT2D eigenvalue weighted by Crippen LogP contribution is -2.52. The number of thioether (sulfide) groups is 1. The summed E-state index contributed by atoms with van der Waals surface area (Å²) in [5, 5.41) is 0. The Morgan fingerprint density at radius 3 is 0.373 bits per heavy atom. The number of hydrogen-bond donors (Lipinski definition) is 0. The van der Waals surface area contributed by atoms with Gasteiger partial charge in [-0.3, -0.25) is 95.9 Å². The lowest BCUT2D eigenvalue weighted by Gasteiger charge is -2.48. The predicted octanol–water partition coefficient (Wildman–Crippen LogP) is 12.9. The SMILES string of the molecule is C=C(C)C(=O)OCCSCC(C)(CC(C)(CC(C)(CC(C)(CC(C)(CC(C)(CC(C)(CC(C)(CC(C)(CC(C)(CC(C)(CC(C)(CC(C)(CC(C)(CC(C)(CC(C)(CC(C)(CC(C)(CC(C)(CC(C)(C)C(=O)OC)C(=O)OC)C(=O)OC)C(=O)OC)C(=O)OC)C(=O)OC)C(=O)OC)C(=O)OC)C(=O)OC)C(=O)OC)C(=O)OC)C(=O)OC)C(=O)OC)C(=O)OC)C(=O)OC)C(=O)OC)C(=O)OC)C(=O)OC)C(=O)OC)C(=O)OC. The van der Waals surface area contributed by atoms with Crippen LogP contribution in [-0.4, -0.2) is 286 Å². The number of methoxy groups -OCH3 is 20. The highest BCUT2D eigenvalue weighted by molar-refractivity contribution is 7.99. The van der Waals surface area contributed by atoms with Crippen molar-refractivity contribution in [3.05, 3.63) is 12.2 Å². The van der Waals surface area contributed by atoms with E-state index in [1.165, 1.54) is 164 Å². The van der Waals surface area contributed by atoms with Gasteiger partial charge in [-0.15, -0.1) is 0 Å². The molecule has 0 aliphatic heterocycles. The van der Waals surface area contributed by atoms with E-state index in [4.69, 9.17) is 99.5 Å². The van der Waals surface area contributed by atoms with E-state index in [0.717, 1.165) is 142 Å². The Morgan fingerprint density at radius 1 is 0.167 bits per heavy atom. The fourth-order valence-electron chi connectivity index (χ4n) is 26.0. The molecule has 0 aromatic carbocycles. The van der Waals surface area contributed by atoms with Crippen LogP contribution in [0.1, 0.15) is 274 Å². The predicted molar refractivity (Wildman–Crippen MR) is 539 cm³/mol. The third-order valence-corrected chi connectivity index (χ3v) is 31.0. The van der Waals surface area contributed by atoms with Crippen molar-refractivity contribution in [2.24, 2.45) is 108 Å². The maximum absolute atomic E-state index is 15.3. The average Bonchev–Trinajstić information content (AvgIpc) is 0.770. The van der Waals surface area contributed by atoms with Crippen LogP contribution in [0.5, 0.6) is 0 Å². The van der Waals surface area contributed by atoms with Crippen LogP contribution in [0.15, 0.2) is 12.2 Å². The van der Waals surface area contributed by atoms with Gasteiger partial charge in [-0.05, 0) is 274 Å². The molecule has 0 saturated heterocycles. The molecular formula is C107H172O42S. The quantitative estimate of drug-likeness (QED) is 0.0236. The van der Waals surface area contributed by atoms with E-state index < -0.39 is 343 Å². The van der Waals surface area contributed by atoms with Gasteiger partial charge in [-0.1, -0.05) is 6.58 Å². The maximum Gasteiger partial charge on any atom is 0.333 e. The van der Waals surface area contributed by atoms with Crippen molar-refractivity contribution in [3.63, 3.8) is 0 Å². The molecule has 0 spiro atoms. The Bertz CT molecular complexity index is 4680. The zero-order valence-electron chi connectivity index (χ0n) is 96.8. The van der Waals surface area contributed by atoms with E-state index in [2.05, 4.69) is 6.58 Å². The highest BCUT2D eigenvalue weighted by Crippen LogP contribution is 2.62. The van der Waals surface area contributed by atoms with E-state index in [9.17, 15) is 47.9 Å². The zero-order valence-corrected chi connectivity index (χ0v) is 97.6. The van der Waals surface area contributed by atoms with Crippen molar-refractivity contribution < 1.29 is 200 Å². The van der Waals surface area contributed by atoms with E-state index in [0.29, 0.717) is 0 Å². The van der Waals surface area contributed by atoms with Crippen LogP contribution in [0.25, 0.3) is 0 Å². The summed E-state index contributed by atoms with van der Waals surface area (Å²) in [7, 11) is 20.5. The first kappa shape index (κ1) is 139. The van der Waals surface area contributed by atoms with Crippen molar-refractivity contribution in [2.45, 2.75) is 274 Å². The molecule has 858 valence electrons. The molecule has 0 saturated carbocycles. The molecule has 0 aliphatic carbocycles. The lowest BCUT2D eigenvalue weighted by molar-refractivity contribution is -0.178. The minimum atomic E-state index is -2.25. The molecule has 19 unspecified atom stereocenters. The molecule has 0 aliphatic rings. The summed E-state index contributed by atoms with van der Waals surface area (Å²) in [6.07, 6.45) is -12.7. The van der Waals surface area contributed by atoms with Crippen molar-refractivity contribution in [1.29, 1.82) is 0 Å². The Morgan fingerprint density at radius 2 is 0.267 bits per heavy atom. The molecule has 43 heteroatoms. The summed E-state index contributed by atoms with van der Waals surface area (Å²) in [4.78, 5) is 309. The Kier molecular flexibility index (Phi) is 50.0. The van der Waals surface area contributed by atoms with Gasteiger partial charge in [0.25, 0.3) is 0 Å². The van der Waals surface area contributed by atoms with Crippen LogP contribution >= 0.6 is 11.8 Å². The van der Waals surface area contributed by atoms with Crippen LogP contribution in [0.2, 0.25) is 0 Å². The van der Waals surface area contributed by atoms with Crippen LogP contribution in [0, 0.1) is 108 Å². The number of carbonyl (C=O) groups is 21. The van der Waals surface area contributed by atoms with Crippen LogP contribution in [0.3, 0.4) is 0 Å². The van der Waals surface area contributed by atoms with Gasteiger partial charge >= 0.3 is 125 Å². The summed E-state index contributed by atoms with van der Waals surface area (Å²) in [6.45, 7) is 33.5. The topological polar surface area (TPSA) is 552 Å². The summed E-state index contributed by atoms with van der Waals surface area (Å²) in [5.41, 5.74) is -40.8. The second-order valence-corrected chi connectivity index (χ2v) is 47.8. The van der Waals surface area contributed by atoms with E-state index in [1.54, 1.807) is 0 Å². The number of ether oxygens (including phenoxy) is 21. The smallest absolute Gasteiger partial charge is 0.333 e. The first-order chi connectivity index (χ1) is 68.4. The second kappa shape index (κ2) is 54.0. The molecule has 0 amide bonds. The third kappa shape index (κ3) is 33.2. The maximum atomic E-state index is 15.3. The Balaban J connectivity index is 9.35. The number of hydrogen-bond acceptors (Lipinski definition) is 43. The van der Waals surface area contributed by atoms with Crippen molar-refractivity contribution in [2.75, 3.05) is 160 Å². The molecule has 0 aromatic rings. The highest BCUT2D eigenvalue weighted by Gasteiger charge is 2.66. The van der Waals surface area contributed by atoms with Crippen molar-refractivity contribution >= 4 is 137 Å². The molecule has 0 rings (SSSR count). The molecular weight excluding hydrogens is 1990 g/mol. The molecule has 0 aromatic heterocycles.